The number of primary amides is 1. The van der Waals surface area contributed by atoms with Crippen LogP contribution in [0.2, 0.25) is 0 Å². The zero-order valence-corrected chi connectivity index (χ0v) is 12.3. The predicted molar refractivity (Wildman–Crippen MR) is 77.2 cm³/mol. The van der Waals surface area contributed by atoms with Crippen molar-refractivity contribution in [3.63, 3.8) is 0 Å². The first-order valence-electron chi connectivity index (χ1n) is 6.73. The highest BCUT2D eigenvalue weighted by molar-refractivity contribution is 5.97. The van der Waals surface area contributed by atoms with Crippen molar-refractivity contribution in [2.45, 2.75) is 19.4 Å². The van der Waals surface area contributed by atoms with Gasteiger partial charge in [0.2, 0.25) is 5.91 Å². The van der Waals surface area contributed by atoms with Gasteiger partial charge >= 0.3 is 5.97 Å². The largest absolute Gasteiger partial charge is 0.463 e. The standard InChI is InChI=1S/C15H16F2N2O4/c1-2-23-13(20)5-3-4-12(14(18)21)19-15(22)10-7-6-9(16)8-11(10)17/h3,5-8,12H,2,4H2,1H3,(H2,18,21)(H,19,22)/b5-3+/t12-/m1/s1. The van der Waals surface area contributed by atoms with Crippen molar-refractivity contribution in [3.8, 4) is 0 Å². The van der Waals surface area contributed by atoms with Gasteiger partial charge < -0.3 is 15.8 Å². The molecule has 0 aromatic heterocycles. The average Bonchev–Trinajstić information content (AvgIpc) is 2.46. The van der Waals surface area contributed by atoms with Gasteiger partial charge in [0, 0.05) is 12.1 Å². The summed E-state index contributed by atoms with van der Waals surface area (Å²) < 4.78 is 31.0. The second-order valence-corrected chi connectivity index (χ2v) is 4.44. The summed E-state index contributed by atoms with van der Waals surface area (Å²) in [5, 5.41) is 2.22. The third kappa shape index (κ3) is 5.85. The number of benzene rings is 1. The minimum Gasteiger partial charge on any atom is -0.463 e. The maximum Gasteiger partial charge on any atom is 0.330 e. The van der Waals surface area contributed by atoms with Crippen LogP contribution in [0.5, 0.6) is 0 Å². The second kappa shape index (κ2) is 8.62. The molecule has 124 valence electrons. The molecule has 0 aliphatic rings. The molecule has 3 N–H and O–H groups in total. The fourth-order valence-corrected chi connectivity index (χ4v) is 1.65. The Labute approximate surface area is 131 Å². The fraction of sp³-hybridized carbons (Fsp3) is 0.267. The van der Waals surface area contributed by atoms with E-state index in [9.17, 15) is 23.2 Å². The van der Waals surface area contributed by atoms with E-state index in [-0.39, 0.29) is 13.0 Å². The minimum atomic E-state index is -1.15. The second-order valence-electron chi connectivity index (χ2n) is 4.44. The Morgan fingerprint density at radius 2 is 2.04 bits per heavy atom. The zero-order chi connectivity index (χ0) is 17.4. The summed E-state index contributed by atoms with van der Waals surface area (Å²) in [6.07, 6.45) is 2.31. The van der Waals surface area contributed by atoms with Crippen LogP contribution < -0.4 is 11.1 Å². The van der Waals surface area contributed by atoms with Gasteiger partial charge in [0.15, 0.2) is 0 Å². The lowest BCUT2D eigenvalue weighted by Gasteiger charge is -2.14. The number of hydrogen-bond acceptors (Lipinski definition) is 4. The Balaban J connectivity index is 2.74. The molecule has 0 bridgehead atoms. The van der Waals surface area contributed by atoms with Crippen LogP contribution in [0.4, 0.5) is 8.78 Å². The van der Waals surface area contributed by atoms with E-state index in [0.717, 1.165) is 18.2 Å². The van der Waals surface area contributed by atoms with Crippen molar-refractivity contribution in [2.75, 3.05) is 6.61 Å². The SMILES string of the molecule is CCOC(=O)/C=C/C[C@@H](NC(=O)c1ccc(F)cc1F)C(N)=O. The Kier molecular flexibility index (Phi) is 6.85. The van der Waals surface area contributed by atoms with Crippen LogP contribution in [0.15, 0.2) is 30.4 Å². The molecule has 2 amide bonds. The monoisotopic (exact) mass is 326 g/mol. The van der Waals surface area contributed by atoms with Gasteiger partial charge in [-0.2, -0.15) is 0 Å². The summed E-state index contributed by atoms with van der Waals surface area (Å²) in [4.78, 5) is 34.3. The maximum absolute atomic E-state index is 13.5. The molecule has 8 heteroatoms. The topological polar surface area (TPSA) is 98.5 Å². The number of amides is 2. The Morgan fingerprint density at radius 3 is 2.61 bits per heavy atom. The molecule has 0 aliphatic heterocycles. The van der Waals surface area contributed by atoms with Crippen LogP contribution in [0.3, 0.4) is 0 Å². The van der Waals surface area contributed by atoms with Crippen LogP contribution in [0.1, 0.15) is 23.7 Å². The third-order valence-corrected chi connectivity index (χ3v) is 2.74. The molecule has 0 spiro atoms. The molecule has 1 rings (SSSR count). The van der Waals surface area contributed by atoms with Gasteiger partial charge in [-0.15, -0.1) is 0 Å². The number of nitrogens with one attached hydrogen (secondary N) is 1. The molecule has 1 aromatic rings. The lowest BCUT2D eigenvalue weighted by atomic mass is 10.1. The minimum absolute atomic E-state index is 0.0807. The quantitative estimate of drug-likeness (QED) is 0.578. The summed E-state index contributed by atoms with van der Waals surface area (Å²) in [5.41, 5.74) is 4.72. The summed E-state index contributed by atoms with van der Waals surface area (Å²) in [6, 6.07) is 1.26. The van der Waals surface area contributed by atoms with E-state index in [1.165, 1.54) is 6.08 Å². The molecule has 0 fully saturated rings. The highest BCUT2D eigenvalue weighted by Gasteiger charge is 2.20. The maximum atomic E-state index is 13.5. The van der Waals surface area contributed by atoms with Crippen LogP contribution >= 0.6 is 0 Å². The van der Waals surface area contributed by atoms with Crippen molar-refractivity contribution < 1.29 is 27.9 Å². The number of nitrogens with two attached hydrogens (primary N) is 1. The molecule has 0 unspecified atom stereocenters. The number of hydrogen-bond donors (Lipinski definition) is 2. The first-order chi connectivity index (χ1) is 10.8. The molecule has 0 saturated heterocycles. The zero-order valence-electron chi connectivity index (χ0n) is 12.3. The van der Waals surface area contributed by atoms with E-state index < -0.39 is 41.0 Å². The molecule has 1 atom stereocenters. The Hall–Kier alpha value is -2.77. The number of halogens is 2. The van der Waals surface area contributed by atoms with E-state index in [1.54, 1.807) is 6.92 Å². The van der Waals surface area contributed by atoms with E-state index in [0.29, 0.717) is 6.07 Å². The van der Waals surface area contributed by atoms with E-state index in [2.05, 4.69) is 10.1 Å². The molecular weight excluding hydrogens is 310 g/mol. The molecule has 0 radical (unpaired) electrons. The molecule has 23 heavy (non-hydrogen) atoms. The normalized spacial score (nSPS) is 12.0. The van der Waals surface area contributed by atoms with Crippen LogP contribution in [-0.4, -0.2) is 30.4 Å². The summed E-state index contributed by atoms with van der Waals surface area (Å²) >= 11 is 0. The molecule has 0 saturated carbocycles. The lowest BCUT2D eigenvalue weighted by molar-refractivity contribution is -0.137. The Morgan fingerprint density at radius 1 is 1.35 bits per heavy atom. The van der Waals surface area contributed by atoms with Crippen molar-refractivity contribution in [1.82, 2.24) is 5.32 Å². The Bertz CT molecular complexity index is 632. The van der Waals surface area contributed by atoms with E-state index in [4.69, 9.17) is 5.73 Å². The van der Waals surface area contributed by atoms with Gasteiger partial charge in [-0.1, -0.05) is 6.08 Å². The van der Waals surface area contributed by atoms with Crippen LogP contribution in [0.25, 0.3) is 0 Å². The first kappa shape index (κ1) is 18.3. The van der Waals surface area contributed by atoms with E-state index >= 15 is 0 Å². The smallest absolute Gasteiger partial charge is 0.330 e. The van der Waals surface area contributed by atoms with Gasteiger partial charge in [-0.05, 0) is 25.5 Å². The van der Waals surface area contributed by atoms with Gasteiger partial charge in [0.05, 0.1) is 12.2 Å². The molecule has 1 aromatic carbocycles. The van der Waals surface area contributed by atoms with Gasteiger partial charge in [-0.25, -0.2) is 13.6 Å². The summed E-state index contributed by atoms with van der Waals surface area (Å²) in [6.45, 7) is 1.83. The summed E-state index contributed by atoms with van der Waals surface area (Å²) in [7, 11) is 0. The predicted octanol–water partition coefficient (Wildman–Crippen LogP) is 1.06. The molecule has 0 heterocycles. The number of rotatable bonds is 7. The van der Waals surface area contributed by atoms with Gasteiger partial charge in [0.25, 0.3) is 5.91 Å². The van der Waals surface area contributed by atoms with Crippen molar-refractivity contribution in [1.29, 1.82) is 0 Å². The van der Waals surface area contributed by atoms with Crippen molar-refractivity contribution >= 4 is 17.8 Å². The lowest BCUT2D eigenvalue weighted by Crippen LogP contribution is -2.44. The number of carbonyl (C=O) groups excluding carboxylic acids is 3. The van der Waals surface area contributed by atoms with Crippen molar-refractivity contribution in [3.05, 3.63) is 47.5 Å². The summed E-state index contributed by atoms with van der Waals surface area (Å²) in [5.74, 6) is -4.28. The number of ether oxygens (including phenoxy) is 1. The molecule has 0 aliphatic carbocycles. The third-order valence-electron chi connectivity index (χ3n) is 2.74. The van der Waals surface area contributed by atoms with E-state index in [1.807, 2.05) is 0 Å². The number of carbonyl (C=O) groups is 3. The first-order valence-corrected chi connectivity index (χ1v) is 6.73. The average molecular weight is 326 g/mol. The number of esters is 1. The van der Waals surface area contributed by atoms with Crippen LogP contribution in [-0.2, 0) is 14.3 Å². The molecular formula is C15H16F2N2O4. The van der Waals surface area contributed by atoms with Gasteiger partial charge in [0.1, 0.15) is 17.7 Å². The van der Waals surface area contributed by atoms with Crippen molar-refractivity contribution in [2.24, 2.45) is 5.73 Å². The fourth-order valence-electron chi connectivity index (χ4n) is 1.65. The highest BCUT2D eigenvalue weighted by Crippen LogP contribution is 2.10. The van der Waals surface area contributed by atoms with Gasteiger partial charge in [-0.3, -0.25) is 9.59 Å². The highest BCUT2D eigenvalue weighted by atomic mass is 19.1. The molecule has 6 nitrogen and oxygen atoms in total. The van der Waals surface area contributed by atoms with Crippen LogP contribution in [0, 0.1) is 11.6 Å².